The summed E-state index contributed by atoms with van der Waals surface area (Å²) < 4.78 is 10.7. The van der Waals surface area contributed by atoms with Crippen molar-refractivity contribution >= 4 is 28.8 Å². The van der Waals surface area contributed by atoms with Crippen molar-refractivity contribution in [2.45, 2.75) is 20.0 Å². The maximum absolute atomic E-state index is 12.3. The molecule has 2 rings (SSSR count). The average molecular weight is 338 g/mol. The summed E-state index contributed by atoms with van der Waals surface area (Å²) in [6, 6.07) is 4.62. The molecule has 1 aliphatic rings. The van der Waals surface area contributed by atoms with Crippen LogP contribution in [0.5, 0.6) is 11.5 Å². The number of aliphatic imine (C=N–C) groups is 1. The van der Waals surface area contributed by atoms with Gasteiger partial charge in [-0.05, 0) is 26.0 Å². The van der Waals surface area contributed by atoms with Crippen LogP contribution in [0.4, 0.5) is 0 Å². The van der Waals surface area contributed by atoms with E-state index in [2.05, 4.69) is 10.3 Å². The first-order valence-corrected chi connectivity index (χ1v) is 8.07. The third-order valence-corrected chi connectivity index (χ3v) is 3.57. The highest BCUT2D eigenvalue weighted by molar-refractivity contribution is 8.14. The topological polar surface area (TPSA) is 97.2 Å². The maximum atomic E-state index is 12.3. The highest BCUT2D eigenvalue weighted by Gasteiger charge is 2.15. The van der Waals surface area contributed by atoms with E-state index in [9.17, 15) is 9.59 Å². The Labute approximate surface area is 138 Å². The average Bonchev–Trinajstić information content (AvgIpc) is 2.97. The molecule has 0 bridgehead atoms. The smallest absolute Gasteiger partial charge is 0.341 e. The monoisotopic (exact) mass is 338 g/mol. The number of hydrogen-bond acceptors (Lipinski definition) is 6. The third-order valence-electron chi connectivity index (χ3n) is 2.68. The van der Waals surface area contributed by atoms with Gasteiger partial charge < -0.3 is 19.9 Å². The molecule has 7 nitrogen and oxygen atoms in total. The number of benzene rings is 1. The molecule has 1 aromatic carbocycles. The molecule has 0 saturated carbocycles. The number of ether oxygens (including phenoxy) is 2. The fourth-order valence-corrected chi connectivity index (χ4v) is 2.57. The number of nitrogens with zero attached hydrogens (tertiary/aromatic N) is 1. The lowest BCUT2D eigenvalue weighted by molar-refractivity contribution is -0.139. The number of carboxylic acid groups (broad SMARTS) is 1. The molecule has 0 radical (unpaired) electrons. The van der Waals surface area contributed by atoms with Crippen molar-refractivity contribution in [3.63, 3.8) is 0 Å². The van der Waals surface area contributed by atoms with E-state index in [1.807, 2.05) is 13.8 Å². The Balaban J connectivity index is 2.19. The largest absolute Gasteiger partial charge is 0.491 e. The van der Waals surface area contributed by atoms with Crippen LogP contribution in [0, 0.1) is 0 Å². The first-order valence-electron chi connectivity index (χ1n) is 7.09. The molecule has 23 heavy (non-hydrogen) atoms. The summed E-state index contributed by atoms with van der Waals surface area (Å²) in [6.07, 6.45) is -0.0876. The van der Waals surface area contributed by atoms with Crippen molar-refractivity contribution in [1.82, 2.24) is 5.32 Å². The van der Waals surface area contributed by atoms with E-state index >= 15 is 0 Å². The minimum Gasteiger partial charge on any atom is -0.491 e. The zero-order valence-electron chi connectivity index (χ0n) is 12.9. The highest BCUT2D eigenvalue weighted by Crippen LogP contribution is 2.24. The number of amidine groups is 1. The second kappa shape index (κ2) is 7.87. The van der Waals surface area contributed by atoms with Crippen LogP contribution >= 0.6 is 11.8 Å². The lowest BCUT2D eigenvalue weighted by Gasteiger charge is -2.13. The molecule has 0 saturated heterocycles. The molecule has 0 atom stereocenters. The SMILES string of the molecule is CC(C)Oc1cc(OCC(=O)O)cc(C(=O)NC2=NCCS2)c1. The zero-order chi connectivity index (χ0) is 16.8. The standard InChI is InChI=1S/C15H18N2O5S/c1-9(2)22-12-6-10(5-11(7-12)21-8-13(18)19)14(20)17-15-16-3-4-23-15/h5-7,9H,3-4,8H2,1-2H3,(H,18,19)(H,16,17,20). The Bertz CT molecular complexity index is 630. The summed E-state index contributed by atoms with van der Waals surface area (Å²) in [5.74, 6) is 0.111. The van der Waals surface area contributed by atoms with Crippen molar-refractivity contribution in [3.8, 4) is 11.5 Å². The number of carboxylic acids is 1. The van der Waals surface area contributed by atoms with Gasteiger partial charge >= 0.3 is 5.97 Å². The van der Waals surface area contributed by atoms with E-state index in [1.165, 1.54) is 17.8 Å². The molecule has 0 aromatic heterocycles. The van der Waals surface area contributed by atoms with Gasteiger partial charge in [-0.2, -0.15) is 0 Å². The third kappa shape index (κ3) is 5.48. The van der Waals surface area contributed by atoms with E-state index in [0.717, 1.165) is 5.75 Å². The summed E-state index contributed by atoms with van der Waals surface area (Å²) in [5, 5.41) is 12.0. The fourth-order valence-electron chi connectivity index (χ4n) is 1.85. The van der Waals surface area contributed by atoms with Crippen molar-refractivity contribution < 1.29 is 24.2 Å². The summed E-state index contributed by atoms with van der Waals surface area (Å²) in [4.78, 5) is 27.1. The lowest BCUT2D eigenvalue weighted by Crippen LogP contribution is -2.27. The number of aliphatic carboxylic acids is 1. The van der Waals surface area contributed by atoms with Gasteiger partial charge in [-0.25, -0.2) is 4.79 Å². The van der Waals surface area contributed by atoms with Crippen LogP contribution in [0.25, 0.3) is 0 Å². The number of carbonyl (C=O) groups is 2. The van der Waals surface area contributed by atoms with Crippen LogP contribution in [0.15, 0.2) is 23.2 Å². The molecule has 0 fully saturated rings. The van der Waals surface area contributed by atoms with Crippen molar-refractivity contribution in [3.05, 3.63) is 23.8 Å². The van der Waals surface area contributed by atoms with Gasteiger partial charge in [0.1, 0.15) is 11.5 Å². The molecule has 1 amide bonds. The molecule has 2 N–H and O–H groups in total. The quantitative estimate of drug-likeness (QED) is 0.820. The van der Waals surface area contributed by atoms with Gasteiger partial charge in [0, 0.05) is 17.4 Å². The van der Waals surface area contributed by atoms with E-state index in [1.54, 1.807) is 12.1 Å². The molecule has 1 aliphatic heterocycles. The van der Waals surface area contributed by atoms with Gasteiger partial charge in [0.05, 0.1) is 12.6 Å². The van der Waals surface area contributed by atoms with E-state index in [4.69, 9.17) is 14.6 Å². The van der Waals surface area contributed by atoms with Gasteiger partial charge in [-0.15, -0.1) is 0 Å². The van der Waals surface area contributed by atoms with Crippen molar-refractivity contribution in [2.75, 3.05) is 18.9 Å². The minimum atomic E-state index is -1.09. The van der Waals surface area contributed by atoms with Crippen LogP contribution in [0.3, 0.4) is 0 Å². The van der Waals surface area contributed by atoms with Gasteiger partial charge in [0.15, 0.2) is 11.8 Å². The summed E-state index contributed by atoms with van der Waals surface area (Å²) in [6.45, 7) is 3.90. The summed E-state index contributed by atoms with van der Waals surface area (Å²) in [7, 11) is 0. The second-order valence-electron chi connectivity index (χ2n) is 5.03. The lowest BCUT2D eigenvalue weighted by atomic mass is 10.2. The Morgan fingerprint density at radius 2 is 2.09 bits per heavy atom. The first-order chi connectivity index (χ1) is 10.9. The molecular weight excluding hydrogens is 320 g/mol. The molecule has 124 valence electrons. The molecule has 0 spiro atoms. The van der Waals surface area contributed by atoms with Gasteiger partial charge in [0.25, 0.3) is 5.91 Å². The molecule has 1 aromatic rings. The van der Waals surface area contributed by atoms with Crippen LogP contribution in [-0.4, -0.2) is 47.2 Å². The van der Waals surface area contributed by atoms with E-state index < -0.39 is 12.6 Å². The molecule has 0 aliphatic carbocycles. The van der Waals surface area contributed by atoms with Gasteiger partial charge in [-0.3, -0.25) is 9.79 Å². The predicted octanol–water partition coefficient (Wildman–Crippen LogP) is 1.77. The Morgan fingerprint density at radius 1 is 1.35 bits per heavy atom. The number of nitrogens with one attached hydrogen (secondary N) is 1. The summed E-state index contributed by atoms with van der Waals surface area (Å²) in [5.41, 5.74) is 0.318. The van der Waals surface area contributed by atoms with Crippen LogP contribution in [0.1, 0.15) is 24.2 Å². The predicted molar refractivity (Wildman–Crippen MR) is 87.6 cm³/mol. The van der Waals surface area contributed by atoms with Crippen molar-refractivity contribution in [1.29, 1.82) is 0 Å². The van der Waals surface area contributed by atoms with E-state index in [-0.39, 0.29) is 17.8 Å². The van der Waals surface area contributed by atoms with Gasteiger partial charge in [0.2, 0.25) is 0 Å². The normalized spacial score (nSPS) is 13.6. The zero-order valence-corrected chi connectivity index (χ0v) is 13.7. The van der Waals surface area contributed by atoms with Crippen LogP contribution < -0.4 is 14.8 Å². The number of thioether (sulfide) groups is 1. The first kappa shape index (κ1) is 17.1. The fraction of sp³-hybridized carbons (Fsp3) is 0.400. The second-order valence-corrected chi connectivity index (χ2v) is 6.12. The van der Waals surface area contributed by atoms with Gasteiger partial charge in [-0.1, -0.05) is 11.8 Å². The highest BCUT2D eigenvalue weighted by atomic mass is 32.2. The number of amides is 1. The Kier molecular flexibility index (Phi) is 5.86. The maximum Gasteiger partial charge on any atom is 0.341 e. The molecular formula is C15H18N2O5S. The summed E-state index contributed by atoms with van der Waals surface area (Å²) >= 11 is 1.48. The molecule has 8 heteroatoms. The Morgan fingerprint density at radius 3 is 2.70 bits per heavy atom. The molecule has 1 heterocycles. The van der Waals surface area contributed by atoms with Crippen LogP contribution in [-0.2, 0) is 4.79 Å². The number of hydrogen-bond donors (Lipinski definition) is 2. The minimum absolute atomic E-state index is 0.0876. The number of rotatable bonds is 6. The molecule has 0 unspecified atom stereocenters. The van der Waals surface area contributed by atoms with E-state index in [0.29, 0.717) is 23.0 Å². The Hall–Kier alpha value is -2.22. The van der Waals surface area contributed by atoms with Crippen molar-refractivity contribution in [2.24, 2.45) is 4.99 Å². The van der Waals surface area contributed by atoms with Crippen LogP contribution in [0.2, 0.25) is 0 Å². The number of carbonyl (C=O) groups excluding carboxylic acids is 1.